The molecule has 122 valence electrons. The number of nitrogens with zero attached hydrogens (tertiary/aromatic N) is 3. The fourth-order valence-corrected chi connectivity index (χ4v) is 2.83. The van der Waals surface area contributed by atoms with Crippen molar-refractivity contribution in [2.24, 2.45) is 5.92 Å². The van der Waals surface area contributed by atoms with Crippen LogP contribution < -0.4 is 16.8 Å². The molecule has 1 aliphatic heterocycles. The number of nitrogen functional groups attached to an aromatic ring is 2. The van der Waals surface area contributed by atoms with Crippen molar-refractivity contribution >= 4 is 17.3 Å². The van der Waals surface area contributed by atoms with Crippen molar-refractivity contribution in [1.29, 1.82) is 0 Å². The van der Waals surface area contributed by atoms with Crippen LogP contribution in [0.4, 0.5) is 17.3 Å². The van der Waals surface area contributed by atoms with Crippen LogP contribution in [0.3, 0.4) is 0 Å². The van der Waals surface area contributed by atoms with Gasteiger partial charge in [0.2, 0.25) is 0 Å². The first-order valence-corrected chi connectivity index (χ1v) is 7.83. The van der Waals surface area contributed by atoms with Crippen molar-refractivity contribution in [3.8, 4) is 11.4 Å². The number of pyridine rings is 1. The van der Waals surface area contributed by atoms with E-state index in [1.54, 1.807) is 12.4 Å². The molecule has 1 atom stereocenters. The van der Waals surface area contributed by atoms with Gasteiger partial charge in [0.05, 0.1) is 0 Å². The van der Waals surface area contributed by atoms with Crippen LogP contribution in [0.1, 0.15) is 19.8 Å². The monoisotopic (exact) mass is 314 g/mol. The molecule has 3 rings (SSSR count). The summed E-state index contributed by atoms with van der Waals surface area (Å²) in [5.74, 6) is 1.73. The first-order valence-electron chi connectivity index (χ1n) is 7.83. The largest absolute Gasteiger partial charge is 0.382 e. The molecule has 0 aromatic carbocycles. The van der Waals surface area contributed by atoms with Crippen molar-refractivity contribution in [3.63, 3.8) is 0 Å². The van der Waals surface area contributed by atoms with E-state index in [0.29, 0.717) is 29.1 Å². The summed E-state index contributed by atoms with van der Waals surface area (Å²) in [6.07, 6.45) is 5.44. The minimum Gasteiger partial charge on any atom is -0.382 e. The Morgan fingerprint density at radius 2 is 1.91 bits per heavy atom. The zero-order valence-corrected chi connectivity index (χ0v) is 13.2. The standard InChI is InChI=1S/C16H22N6O/c1-10(11-4-7-23-8-5-11)20-13-14(17)21-16(22-15(13)18)12-3-2-6-19-9-12/h2-3,6,9-11,20H,4-5,7-8H2,1H3,(H4,17,18,21,22). The summed E-state index contributed by atoms with van der Waals surface area (Å²) in [6.45, 7) is 3.74. The lowest BCUT2D eigenvalue weighted by molar-refractivity contribution is 0.0622. The number of anilines is 3. The van der Waals surface area contributed by atoms with E-state index in [1.165, 1.54) is 0 Å². The molecule has 2 aromatic rings. The summed E-state index contributed by atoms with van der Waals surface area (Å²) >= 11 is 0. The summed E-state index contributed by atoms with van der Waals surface area (Å²) in [5.41, 5.74) is 13.6. The molecule has 0 amide bonds. The predicted molar refractivity (Wildman–Crippen MR) is 90.7 cm³/mol. The average Bonchev–Trinajstić information content (AvgIpc) is 2.59. The van der Waals surface area contributed by atoms with Crippen molar-refractivity contribution < 1.29 is 4.74 Å². The lowest BCUT2D eigenvalue weighted by atomic mass is 9.93. The number of rotatable bonds is 4. The molecule has 1 fully saturated rings. The van der Waals surface area contributed by atoms with Crippen molar-refractivity contribution in [1.82, 2.24) is 15.0 Å². The third-order valence-electron chi connectivity index (χ3n) is 4.23. The van der Waals surface area contributed by atoms with E-state index >= 15 is 0 Å². The van der Waals surface area contributed by atoms with Gasteiger partial charge < -0.3 is 21.5 Å². The number of aromatic nitrogens is 3. The van der Waals surface area contributed by atoms with E-state index in [2.05, 4.69) is 27.2 Å². The number of hydrogen-bond donors (Lipinski definition) is 3. The summed E-state index contributed by atoms with van der Waals surface area (Å²) < 4.78 is 5.40. The van der Waals surface area contributed by atoms with Crippen LogP contribution >= 0.6 is 0 Å². The molecule has 0 saturated carbocycles. The van der Waals surface area contributed by atoms with Gasteiger partial charge in [-0.15, -0.1) is 0 Å². The van der Waals surface area contributed by atoms with Gasteiger partial charge in [-0.25, -0.2) is 9.97 Å². The van der Waals surface area contributed by atoms with Gasteiger partial charge in [0.25, 0.3) is 0 Å². The van der Waals surface area contributed by atoms with Gasteiger partial charge in [0.15, 0.2) is 17.5 Å². The minimum absolute atomic E-state index is 0.233. The highest BCUT2D eigenvalue weighted by atomic mass is 16.5. The molecule has 0 radical (unpaired) electrons. The third kappa shape index (κ3) is 3.50. The minimum atomic E-state index is 0.233. The second-order valence-electron chi connectivity index (χ2n) is 5.82. The highest BCUT2D eigenvalue weighted by Gasteiger charge is 2.22. The van der Waals surface area contributed by atoms with E-state index in [1.807, 2.05) is 12.1 Å². The Kier molecular flexibility index (Phi) is 4.57. The quantitative estimate of drug-likeness (QED) is 0.790. The zero-order valence-electron chi connectivity index (χ0n) is 13.2. The Labute approximate surface area is 135 Å². The van der Waals surface area contributed by atoms with E-state index in [0.717, 1.165) is 31.6 Å². The average molecular weight is 314 g/mol. The molecule has 1 aliphatic rings. The molecule has 5 N–H and O–H groups in total. The van der Waals surface area contributed by atoms with Gasteiger partial charge in [-0.1, -0.05) is 0 Å². The Balaban J connectivity index is 1.80. The molecular weight excluding hydrogens is 292 g/mol. The first kappa shape index (κ1) is 15.5. The lowest BCUT2D eigenvalue weighted by Gasteiger charge is -2.29. The second kappa shape index (κ2) is 6.78. The normalized spacial score (nSPS) is 16.9. The SMILES string of the molecule is CC(Nc1c(N)nc(-c2cccnc2)nc1N)C1CCOCC1. The van der Waals surface area contributed by atoms with Crippen LogP contribution in [-0.2, 0) is 4.74 Å². The van der Waals surface area contributed by atoms with Crippen LogP contribution in [0.25, 0.3) is 11.4 Å². The van der Waals surface area contributed by atoms with Crippen LogP contribution in [-0.4, -0.2) is 34.2 Å². The summed E-state index contributed by atoms with van der Waals surface area (Å²) in [7, 11) is 0. The van der Waals surface area contributed by atoms with Crippen molar-refractivity contribution in [2.75, 3.05) is 30.0 Å². The van der Waals surface area contributed by atoms with E-state index in [9.17, 15) is 0 Å². The molecule has 0 spiro atoms. The molecule has 1 unspecified atom stereocenters. The number of nitrogens with two attached hydrogens (primary N) is 2. The smallest absolute Gasteiger partial charge is 0.165 e. The van der Waals surface area contributed by atoms with Crippen molar-refractivity contribution in [3.05, 3.63) is 24.5 Å². The van der Waals surface area contributed by atoms with Gasteiger partial charge in [-0.2, -0.15) is 0 Å². The van der Waals surface area contributed by atoms with Crippen LogP contribution in [0.2, 0.25) is 0 Å². The van der Waals surface area contributed by atoms with Crippen LogP contribution in [0.5, 0.6) is 0 Å². The van der Waals surface area contributed by atoms with E-state index in [4.69, 9.17) is 16.2 Å². The summed E-state index contributed by atoms with van der Waals surface area (Å²) in [5, 5.41) is 3.38. The number of hydrogen-bond acceptors (Lipinski definition) is 7. The number of ether oxygens (including phenoxy) is 1. The molecule has 23 heavy (non-hydrogen) atoms. The van der Waals surface area contributed by atoms with Gasteiger partial charge in [-0.05, 0) is 37.8 Å². The maximum absolute atomic E-state index is 6.10. The first-order chi connectivity index (χ1) is 11.1. The summed E-state index contributed by atoms with van der Waals surface area (Å²) in [6, 6.07) is 3.93. The summed E-state index contributed by atoms with van der Waals surface area (Å²) in [4.78, 5) is 12.8. The maximum atomic E-state index is 6.10. The predicted octanol–water partition coefficient (Wildman–Crippen LogP) is 1.93. The molecule has 7 nitrogen and oxygen atoms in total. The molecule has 2 aromatic heterocycles. The zero-order chi connectivity index (χ0) is 16.2. The van der Waals surface area contributed by atoms with Gasteiger partial charge in [0, 0.05) is 37.2 Å². The Morgan fingerprint density at radius 1 is 1.22 bits per heavy atom. The van der Waals surface area contributed by atoms with Gasteiger partial charge >= 0.3 is 0 Å². The number of nitrogens with one attached hydrogen (secondary N) is 1. The van der Waals surface area contributed by atoms with Crippen LogP contribution in [0.15, 0.2) is 24.5 Å². The van der Waals surface area contributed by atoms with E-state index < -0.39 is 0 Å². The molecule has 0 bridgehead atoms. The second-order valence-corrected chi connectivity index (χ2v) is 5.82. The lowest BCUT2D eigenvalue weighted by Crippen LogP contribution is -2.31. The molecule has 3 heterocycles. The fraction of sp³-hybridized carbons (Fsp3) is 0.438. The van der Waals surface area contributed by atoms with Crippen LogP contribution in [0, 0.1) is 5.92 Å². The fourth-order valence-electron chi connectivity index (χ4n) is 2.83. The highest BCUT2D eigenvalue weighted by Crippen LogP contribution is 2.29. The maximum Gasteiger partial charge on any atom is 0.165 e. The Morgan fingerprint density at radius 3 is 2.52 bits per heavy atom. The Hall–Kier alpha value is -2.41. The van der Waals surface area contributed by atoms with Crippen molar-refractivity contribution in [2.45, 2.75) is 25.8 Å². The molecule has 1 saturated heterocycles. The topological polar surface area (TPSA) is 112 Å². The highest BCUT2D eigenvalue weighted by molar-refractivity contribution is 5.77. The Bertz CT molecular complexity index is 634. The van der Waals surface area contributed by atoms with E-state index in [-0.39, 0.29) is 6.04 Å². The molecule has 0 aliphatic carbocycles. The molecular formula is C16H22N6O. The van der Waals surface area contributed by atoms with Gasteiger partial charge in [0.1, 0.15) is 5.69 Å². The van der Waals surface area contributed by atoms with Gasteiger partial charge in [-0.3, -0.25) is 4.98 Å². The third-order valence-corrected chi connectivity index (χ3v) is 4.23. The molecule has 7 heteroatoms.